The molecule has 5 nitrogen and oxygen atoms in total. The molecule has 0 amide bonds. The molecule has 2 aromatic heterocycles. The summed E-state index contributed by atoms with van der Waals surface area (Å²) in [7, 11) is 1.66. The van der Waals surface area contributed by atoms with Crippen molar-refractivity contribution in [1.29, 1.82) is 0 Å². The molecule has 0 aliphatic heterocycles. The Hall–Kier alpha value is -1.40. The second-order valence-electron chi connectivity index (χ2n) is 4.36. The lowest BCUT2D eigenvalue weighted by molar-refractivity contribution is 0.199. The molecule has 1 aliphatic rings. The molecule has 96 valence electrons. The van der Waals surface area contributed by atoms with Crippen LogP contribution in [0.4, 0.5) is 5.00 Å². The maximum atomic E-state index is 6.06. The number of hydrogen-bond donors (Lipinski definition) is 1. The summed E-state index contributed by atoms with van der Waals surface area (Å²) in [5, 5.41) is 4.75. The Morgan fingerprint density at radius 3 is 3.17 bits per heavy atom. The average molecular weight is 265 g/mol. The van der Waals surface area contributed by atoms with E-state index < -0.39 is 0 Å². The highest BCUT2D eigenvalue weighted by Gasteiger charge is 2.25. The Morgan fingerprint density at radius 1 is 1.44 bits per heavy atom. The van der Waals surface area contributed by atoms with Gasteiger partial charge in [-0.05, 0) is 24.8 Å². The van der Waals surface area contributed by atoms with Crippen molar-refractivity contribution in [2.75, 3.05) is 19.5 Å². The highest BCUT2D eigenvalue weighted by Crippen LogP contribution is 2.42. The molecule has 2 heterocycles. The molecular formula is C12H15N3O2S. The Kier molecular flexibility index (Phi) is 3.05. The van der Waals surface area contributed by atoms with Crippen LogP contribution in [0.3, 0.4) is 0 Å². The summed E-state index contributed by atoms with van der Waals surface area (Å²) < 4.78 is 10.3. The van der Waals surface area contributed by atoms with E-state index in [4.69, 9.17) is 15.0 Å². The monoisotopic (exact) mass is 265 g/mol. The molecule has 0 fully saturated rings. The van der Waals surface area contributed by atoms with Gasteiger partial charge in [0.25, 0.3) is 5.89 Å². The molecular weight excluding hydrogens is 250 g/mol. The van der Waals surface area contributed by atoms with Gasteiger partial charge in [-0.15, -0.1) is 11.3 Å². The fraction of sp³-hybridized carbons (Fsp3) is 0.500. The zero-order valence-electron chi connectivity index (χ0n) is 10.2. The molecule has 3 rings (SSSR count). The van der Waals surface area contributed by atoms with Crippen LogP contribution < -0.4 is 5.73 Å². The first kappa shape index (κ1) is 11.7. The molecule has 18 heavy (non-hydrogen) atoms. The molecule has 6 heteroatoms. The van der Waals surface area contributed by atoms with Crippen molar-refractivity contribution in [3.63, 3.8) is 0 Å². The van der Waals surface area contributed by atoms with Gasteiger partial charge >= 0.3 is 0 Å². The highest BCUT2D eigenvalue weighted by atomic mass is 32.1. The largest absolute Gasteiger partial charge is 0.390 e. The summed E-state index contributed by atoms with van der Waals surface area (Å²) >= 11 is 1.65. The van der Waals surface area contributed by atoms with Gasteiger partial charge in [0, 0.05) is 18.4 Å². The minimum absolute atomic E-state index is 0.554. The standard InChI is InChI=1S/C12H15N3O2S/c1-16-6-5-9-14-12(17-15-9)10-7-3-2-4-8(7)18-11(10)13/h2-6,13H2,1H3. The maximum Gasteiger partial charge on any atom is 0.261 e. The molecule has 0 unspecified atom stereocenters. The molecule has 2 N–H and O–H groups in total. The van der Waals surface area contributed by atoms with Gasteiger partial charge in [0.1, 0.15) is 0 Å². The number of rotatable bonds is 4. The van der Waals surface area contributed by atoms with Crippen LogP contribution in [0.25, 0.3) is 11.5 Å². The average Bonchev–Trinajstić information content (AvgIpc) is 3.01. The van der Waals surface area contributed by atoms with E-state index in [2.05, 4.69) is 10.1 Å². The Bertz CT molecular complexity index is 562. The van der Waals surface area contributed by atoms with Crippen LogP contribution in [0.2, 0.25) is 0 Å². The fourth-order valence-corrected chi connectivity index (χ4v) is 3.46. The Labute approximate surface area is 109 Å². The van der Waals surface area contributed by atoms with Crippen molar-refractivity contribution >= 4 is 16.3 Å². The summed E-state index contributed by atoms with van der Waals surface area (Å²) in [5.41, 5.74) is 8.33. The minimum atomic E-state index is 0.554. The lowest BCUT2D eigenvalue weighted by atomic mass is 10.1. The number of fused-ring (bicyclic) bond motifs is 1. The Balaban J connectivity index is 1.92. The van der Waals surface area contributed by atoms with Crippen LogP contribution in [0, 0.1) is 0 Å². The molecule has 0 spiro atoms. The van der Waals surface area contributed by atoms with E-state index in [0.29, 0.717) is 24.7 Å². The lowest BCUT2D eigenvalue weighted by Crippen LogP contribution is -1.96. The summed E-state index contributed by atoms with van der Waals surface area (Å²) in [4.78, 5) is 5.77. The first-order valence-corrected chi connectivity index (χ1v) is 6.83. The van der Waals surface area contributed by atoms with Crippen molar-refractivity contribution in [1.82, 2.24) is 10.1 Å². The molecule has 0 bridgehead atoms. The number of anilines is 1. The molecule has 0 saturated carbocycles. The second kappa shape index (κ2) is 4.70. The first-order valence-electron chi connectivity index (χ1n) is 6.01. The van der Waals surface area contributed by atoms with Gasteiger partial charge in [-0.2, -0.15) is 4.98 Å². The quantitative estimate of drug-likeness (QED) is 0.915. The Morgan fingerprint density at radius 2 is 2.33 bits per heavy atom. The third-order valence-electron chi connectivity index (χ3n) is 3.16. The van der Waals surface area contributed by atoms with E-state index in [-0.39, 0.29) is 0 Å². The van der Waals surface area contributed by atoms with Crippen LogP contribution in [0.1, 0.15) is 22.7 Å². The van der Waals surface area contributed by atoms with Crippen molar-refractivity contribution in [2.24, 2.45) is 0 Å². The number of thiophene rings is 1. The van der Waals surface area contributed by atoms with Crippen molar-refractivity contribution in [3.8, 4) is 11.5 Å². The zero-order chi connectivity index (χ0) is 12.5. The number of hydrogen-bond acceptors (Lipinski definition) is 6. The van der Waals surface area contributed by atoms with Crippen LogP contribution in [0.5, 0.6) is 0 Å². The highest BCUT2D eigenvalue weighted by molar-refractivity contribution is 7.16. The van der Waals surface area contributed by atoms with E-state index >= 15 is 0 Å². The number of nitrogen functional groups attached to an aromatic ring is 1. The van der Waals surface area contributed by atoms with Crippen molar-refractivity contribution < 1.29 is 9.26 Å². The van der Waals surface area contributed by atoms with Gasteiger partial charge in [0.15, 0.2) is 5.82 Å². The summed E-state index contributed by atoms with van der Waals surface area (Å²) in [5.74, 6) is 1.22. The smallest absolute Gasteiger partial charge is 0.261 e. The summed E-state index contributed by atoms with van der Waals surface area (Å²) in [6.45, 7) is 0.593. The van der Waals surface area contributed by atoms with Gasteiger partial charge in [0.2, 0.25) is 0 Å². The number of aryl methyl sites for hydroxylation is 1. The predicted molar refractivity (Wildman–Crippen MR) is 69.6 cm³/mol. The number of aromatic nitrogens is 2. The van der Waals surface area contributed by atoms with Crippen molar-refractivity contribution in [2.45, 2.75) is 25.7 Å². The number of nitrogens with zero attached hydrogens (tertiary/aromatic N) is 2. The van der Waals surface area contributed by atoms with E-state index in [1.807, 2.05) is 0 Å². The van der Waals surface area contributed by atoms with Crippen LogP contribution >= 0.6 is 11.3 Å². The van der Waals surface area contributed by atoms with Crippen LogP contribution in [-0.4, -0.2) is 23.9 Å². The first-order chi connectivity index (χ1) is 8.79. The molecule has 0 saturated heterocycles. The predicted octanol–water partition coefficient (Wildman–Crippen LogP) is 2.06. The number of nitrogens with two attached hydrogens (primary N) is 1. The lowest BCUT2D eigenvalue weighted by Gasteiger charge is -1.96. The third kappa shape index (κ3) is 1.91. The van der Waals surface area contributed by atoms with Gasteiger partial charge in [-0.25, -0.2) is 0 Å². The molecule has 1 aliphatic carbocycles. The zero-order valence-corrected chi connectivity index (χ0v) is 11.0. The third-order valence-corrected chi connectivity index (χ3v) is 4.28. The SMILES string of the molecule is COCCc1noc(-c2c(N)sc3c2CCC3)n1. The van der Waals surface area contributed by atoms with Gasteiger partial charge in [-0.3, -0.25) is 0 Å². The van der Waals surface area contributed by atoms with Crippen molar-refractivity contribution in [3.05, 3.63) is 16.3 Å². The van der Waals surface area contributed by atoms with E-state index in [1.54, 1.807) is 18.4 Å². The van der Waals surface area contributed by atoms with E-state index in [9.17, 15) is 0 Å². The summed E-state index contributed by atoms with van der Waals surface area (Å²) in [6, 6.07) is 0. The summed E-state index contributed by atoms with van der Waals surface area (Å²) in [6.07, 6.45) is 4.04. The molecule has 0 aromatic carbocycles. The molecule has 0 radical (unpaired) electrons. The molecule has 2 aromatic rings. The topological polar surface area (TPSA) is 74.2 Å². The van der Waals surface area contributed by atoms with Crippen LogP contribution in [-0.2, 0) is 24.0 Å². The van der Waals surface area contributed by atoms with Crippen LogP contribution in [0.15, 0.2) is 4.52 Å². The van der Waals surface area contributed by atoms with Gasteiger partial charge in [-0.1, -0.05) is 5.16 Å². The van der Waals surface area contributed by atoms with E-state index in [0.717, 1.165) is 23.4 Å². The van der Waals surface area contributed by atoms with Gasteiger partial charge < -0.3 is 15.0 Å². The van der Waals surface area contributed by atoms with Gasteiger partial charge in [0.05, 0.1) is 17.2 Å². The fourth-order valence-electron chi connectivity index (χ4n) is 2.31. The number of ether oxygens (including phenoxy) is 1. The second-order valence-corrected chi connectivity index (χ2v) is 5.49. The van der Waals surface area contributed by atoms with E-state index in [1.165, 1.54) is 16.9 Å². The maximum absolute atomic E-state index is 6.06. The minimum Gasteiger partial charge on any atom is -0.390 e. The number of methoxy groups -OCH3 is 1. The normalized spacial score (nSPS) is 14.1. The molecule has 0 atom stereocenters.